The first-order valence-electron chi connectivity index (χ1n) is 8.81. The molecule has 0 heterocycles. The third kappa shape index (κ3) is 5.28. The van der Waals surface area contributed by atoms with Gasteiger partial charge in [-0.25, -0.2) is 12.8 Å². The molecule has 0 aliphatic carbocycles. The largest absolute Gasteiger partial charge is 0.482 e. The van der Waals surface area contributed by atoms with Crippen molar-refractivity contribution in [3.05, 3.63) is 83.1 Å². The number of sulfonamides is 1. The van der Waals surface area contributed by atoms with E-state index in [2.05, 4.69) is 10.0 Å². The van der Waals surface area contributed by atoms with E-state index in [-0.39, 0.29) is 22.9 Å². The second-order valence-corrected chi connectivity index (χ2v) is 8.39. The van der Waals surface area contributed by atoms with Gasteiger partial charge in [-0.15, -0.1) is 0 Å². The number of ether oxygens (including phenoxy) is 1. The van der Waals surface area contributed by atoms with Gasteiger partial charge < -0.3 is 10.1 Å². The first-order valence-corrected chi connectivity index (χ1v) is 10.7. The first-order chi connectivity index (χ1) is 14.3. The summed E-state index contributed by atoms with van der Waals surface area (Å²) in [6, 6.07) is 16.6. The lowest BCUT2D eigenvalue weighted by Crippen LogP contribution is -2.21. The van der Waals surface area contributed by atoms with E-state index in [9.17, 15) is 17.6 Å². The molecule has 0 radical (unpaired) electrons. The van der Waals surface area contributed by atoms with Crippen molar-refractivity contribution in [2.75, 3.05) is 16.6 Å². The summed E-state index contributed by atoms with van der Waals surface area (Å²) >= 11 is 5.98. The molecule has 0 spiro atoms. The summed E-state index contributed by atoms with van der Waals surface area (Å²) in [5, 5.41) is 2.94. The Morgan fingerprint density at radius 3 is 2.50 bits per heavy atom. The zero-order valence-corrected chi connectivity index (χ0v) is 17.4. The Hall–Kier alpha value is -3.10. The molecular formula is C21H18ClFN2O4S. The minimum atomic E-state index is -4.08. The molecule has 3 rings (SSSR count). The highest BCUT2D eigenvalue weighted by Gasteiger charge is 2.19. The van der Waals surface area contributed by atoms with Gasteiger partial charge in [0.2, 0.25) is 0 Å². The van der Waals surface area contributed by atoms with Gasteiger partial charge in [-0.3, -0.25) is 9.52 Å². The zero-order chi connectivity index (χ0) is 21.7. The predicted molar refractivity (Wildman–Crippen MR) is 114 cm³/mol. The number of halogens is 2. The van der Waals surface area contributed by atoms with Crippen LogP contribution in [0.5, 0.6) is 5.75 Å². The van der Waals surface area contributed by atoms with Crippen LogP contribution in [-0.2, 0) is 14.8 Å². The Labute approximate surface area is 178 Å². The van der Waals surface area contributed by atoms with E-state index in [1.807, 2.05) is 0 Å². The van der Waals surface area contributed by atoms with Crippen LogP contribution in [0.3, 0.4) is 0 Å². The normalized spacial score (nSPS) is 11.0. The van der Waals surface area contributed by atoms with Gasteiger partial charge in [0, 0.05) is 5.69 Å². The molecule has 6 nitrogen and oxygen atoms in total. The summed E-state index contributed by atoms with van der Waals surface area (Å²) in [5.74, 6) is -0.834. The molecule has 156 valence electrons. The van der Waals surface area contributed by atoms with Crippen molar-refractivity contribution in [3.8, 4) is 5.75 Å². The average molecular weight is 449 g/mol. The molecule has 0 bridgehead atoms. The summed E-state index contributed by atoms with van der Waals surface area (Å²) < 4.78 is 46.9. The molecule has 9 heteroatoms. The van der Waals surface area contributed by atoms with Crippen LogP contribution in [0.15, 0.2) is 71.6 Å². The van der Waals surface area contributed by atoms with Crippen LogP contribution >= 0.6 is 11.6 Å². The van der Waals surface area contributed by atoms with Crippen LogP contribution in [0.4, 0.5) is 15.8 Å². The zero-order valence-electron chi connectivity index (χ0n) is 15.9. The fourth-order valence-corrected chi connectivity index (χ4v) is 4.14. The number of nitrogens with one attached hydrogen (secondary N) is 2. The highest BCUT2D eigenvalue weighted by Crippen LogP contribution is 2.25. The van der Waals surface area contributed by atoms with Crippen molar-refractivity contribution < 1.29 is 22.3 Å². The number of carbonyl (C=O) groups is 1. The fourth-order valence-electron chi connectivity index (χ4n) is 2.61. The Kier molecular flexibility index (Phi) is 6.59. The highest BCUT2D eigenvalue weighted by molar-refractivity contribution is 7.92. The summed E-state index contributed by atoms with van der Waals surface area (Å²) in [6.45, 7) is 1.29. The molecule has 0 atom stereocenters. The lowest BCUT2D eigenvalue weighted by atomic mass is 10.2. The van der Waals surface area contributed by atoms with Gasteiger partial charge in [-0.2, -0.15) is 0 Å². The Bertz CT molecular complexity index is 1190. The number of para-hydroxylation sites is 2. The van der Waals surface area contributed by atoms with Gasteiger partial charge in [0.1, 0.15) is 11.6 Å². The number of hydrogen-bond acceptors (Lipinski definition) is 4. The number of carbonyl (C=O) groups excluding carboxylic acids is 1. The molecule has 0 aliphatic heterocycles. The Morgan fingerprint density at radius 1 is 1.07 bits per heavy atom. The second kappa shape index (κ2) is 9.15. The lowest BCUT2D eigenvalue weighted by Gasteiger charge is -2.13. The smallest absolute Gasteiger partial charge is 0.262 e. The van der Waals surface area contributed by atoms with Crippen LogP contribution in [-0.4, -0.2) is 20.9 Å². The standard InChI is InChI=1S/C21H18ClFN2O4S/c1-14-10-11-15(24-21(26)13-29-19-9-5-2-6-16(19)22)12-20(14)30(27,28)25-18-8-4-3-7-17(18)23/h2-12,25H,13H2,1H3,(H,24,26). The van der Waals surface area contributed by atoms with Gasteiger partial charge in [-0.05, 0) is 48.9 Å². The van der Waals surface area contributed by atoms with E-state index in [4.69, 9.17) is 16.3 Å². The fraction of sp³-hybridized carbons (Fsp3) is 0.0952. The number of aryl methyl sites for hydroxylation is 1. The van der Waals surface area contributed by atoms with Gasteiger partial charge in [0.15, 0.2) is 6.61 Å². The molecule has 0 saturated carbocycles. The van der Waals surface area contributed by atoms with Crippen LogP contribution in [0.25, 0.3) is 0 Å². The maximum Gasteiger partial charge on any atom is 0.262 e. The van der Waals surface area contributed by atoms with Gasteiger partial charge >= 0.3 is 0 Å². The quantitative estimate of drug-likeness (QED) is 0.553. The van der Waals surface area contributed by atoms with Crippen LogP contribution < -0.4 is 14.8 Å². The van der Waals surface area contributed by atoms with Crippen LogP contribution in [0.1, 0.15) is 5.56 Å². The molecule has 30 heavy (non-hydrogen) atoms. The minimum absolute atomic E-state index is 0.0874. The van der Waals surface area contributed by atoms with Crippen molar-refractivity contribution in [1.82, 2.24) is 0 Å². The molecular weight excluding hydrogens is 431 g/mol. The molecule has 2 N–H and O–H groups in total. The molecule has 0 fully saturated rings. The van der Waals surface area contributed by atoms with E-state index >= 15 is 0 Å². The summed E-state index contributed by atoms with van der Waals surface area (Å²) in [6.07, 6.45) is 0. The van der Waals surface area contributed by atoms with Crippen LogP contribution in [0, 0.1) is 12.7 Å². The Morgan fingerprint density at radius 2 is 1.77 bits per heavy atom. The van der Waals surface area contributed by atoms with Crippen molar-refractivity contribution in [3.63, 3.8) is 0 Å². The van der Waals surface area contributed by atoms with E-state index < -0.39 is 21.7 Å². The summed E-state index contributed by atoms with van der Waals surface area (Å²) in [4.78, 5) is 12.1. The molecule has 0 saturated heterocycles. The molecule has 1 amide bonds. The number of benzene rings is 3. The van der Waals surface area contributed by atoms with Gasteiger partial charge in [-0.1, -0.05) is 41.9 Å². The minimum Gasteiger partial charge on any atom is -0.482 e. The van der Waals surface area contributed by atoms with Crippen molar-refractivity contribution in [1.29, 1.82) is 0 Å². The monoisotopic (exact) mass is 448 g/mol. The third-order valence-electron chi connectivity index (χ3n) is 4.08. The molecule has 0 aliphatic rings. The third-order valence-corrected chi connectivity index (χ3v) is 5.89. The highest BCUT2D eigenvalue weighted by atomic mass is 35.5. The SMILES string of the molecule is Cc1ccc(NC(=O)COc2ccccc2Cl)cc1S(=O)(=O)Nc1ccccc1F. The molecule has 3 aromatic carbocycles. The molecule has 0 aromatic heterocycles. The number of hydrogen-bond donors (Lipinski definition) is 2. The summed E-state index contributed by atoms with van der Waals surface area (Å²) in [5.41, 5.74) is 0.519. The van der Waals surface area contributed by atoms with Crippen molar-refractivity contribution >= 4 is 38.9 Å². The van der Waals surface area contributed by atoms with E-state index in [0.29, 0.717) is 16.3 Å². The van der Waals surface area contributed by atoms with E-state index in [0.717, 1.165) is 6.07 Å². The van der Waals surface area contributed by atoms with Gasteiger partial charge in [0.05, 0.1) is 15.6 Å². The number of rotatable bonds is 7. The summed E-state index contributed by atoms with van der Waals surface area (Å²) in [7, 11) is -4.08. The topological polar surface area (TPSA) is 84.5 Å². The maximum atomic E-state index is 13.8. The predicted octanol–water partition coefficient (Wildman–Crippen LogP) is 4.61. The van der Waals surface area contributed by atoms with E-state index in [1.54, 1.807) is 43.3 Å². The second-order valence-electron chi connectivity index (χ2n) is 6.33. The van der Waals surface area contributed by atoms with Crippen molar-refractivity contribution in [2.24, 2.45) is 0 Å². The van der Waals surface area contributed by atoms with Gasteiger partial charge in [0.25, 0.3) is 15.9 Å². The molecule has 0 unspecified atom stereocenters. The maximum absolute atomic E-state index is 13.8. The van der Waals surface area contributed by atoms with E-state index in [1.165, 1.54) is 24.3 Å². The first kappa shape index (κ1) is 21.6. The van der Waals surface area contributed by atoms with Crippen LogP contribution in [0.2, 0.25) is 5.02 Å². The number of anilines is 2. The number of amides is 1. The Balaban J connectivity index is 1.73. The van der Waals surface area contributed by atoms with Crippen molar-refractivity contribution in [2.45, 2.75) is 11.8 Å². The molecule has 3 aromatic rings. The lowest BCUT2D eigenvalue weighted by molar-refractivity contribution is -0.118. The average Bonchev–Trinajstić information content (AvgIpc) is 2.70.